The highest BCUT2D eigenvalue weighted by molar-refractivity contribution is 7.99. The van der Waals surface area contributed by atoms with Crippen molar-refractivity contribution in [2.75, 3.05) is 11.7 Å². The monoisotopic (exact) mass is 201 g/mol. The van der Waals surface area contributed by atoms with E-state index >= 15 is 0 Å². The predicted molar refractivity (Wildman–Crippen MR) is 50.8 cm³/mol. The van der Waals surface area contributed by atoms with Gasteiger partial charge in [0.05, 0.1) is 5.94 Å². The number of nitrogens with two attached hydrogens (primary N) is 1. The summed E-state index contributed by atoms with van der Waals surface area (Å²) in [5, 5.41) is 9.52. The molecule has 0 aromatic carbocycles. The number of rotatable bonds is 1. The maximum atomic E-state index is 9.52. The Morgan fingerprint density at radius 2 is 2.62 bits per heavy atom. The van der Waals surface area contributed by atoms with Crippen LogP contribution in [0.15, 0.2) is 17.3 Å². The van der Waals surface area contributed by atoms with Crippen molar-refractivity contribution < 1.29 is 9.84 Å². The molecule has 0 radical (unpaired) electrons. The molecule has 2 rings (SSSR count). The second-order valence-corrected chi connectivity index (χ2v) is 3.75. The van der Waals surface area contributed by atoms with Crippen LogP contribution < -0.4 is 5.73 Å². The molecular formula is C7H11N3O2S. The van der Waals surface area contributed by atoms with Crippen LogP contribution in [0.25, 0.3) is 0 Å². The average Bonchev–Trinajstić information content (AvgIpc) is 2.56. The number of amidine groups is 1. The van der Waals surface area contributed by atoms with E-state index in [-0.39, 0.29) is 6.23 Å². The third kappa shape index (κ3) is 1.79. The first-order valence-electron chi connectivity index (χ1n) is 3.94. The third-order valence-corrected chi connectivity index (χ3v) is 2.71. The van der Waals surface area contributed by atoms with E-state index in [1.807, 2.05) is 0 Å². The number of hydrogen-bond acceptors (Lipinski definition) is 6. The first kappa shape index (κ1) is 8.86. The van der Waals surface area contributed by atoms with Crippen molar-refractivity contribution in [3.05, 3.63) is 12.3 Å². The molecule has 0 spiro atoms. The number of hydrogen-bond donors (Lipinski definition) is 2. The Hall–Kier alpha value is -0.720. The van der Waals surface area contributed by atoms with Gasteiger partial charge in [0.1, 0.15) is 12.1 Å². The Bertz CT molecular complexity index is 250. The van der Waals surface area contributed by atoms with Crippen molar-refractivity contribution in [1.82, 2.24) is 4.90 Å². The molecule has 0 bridgehead atoms. The zero-order valence-electron chi connectivity index (χ0n) is 6.96. The van der Waals surface area contributed by atoms with Crippen LogP contribution in [0.5, 0.6) is 0 Å². The Balaban J connectivity index is 2.04. The molecule has 0 aromatic rings. The summed E-state index contributed by atoms with van der Waals surface area (Å²) in [5.41, 5.74) is 5.42. The van der Waals surface area contributed by atoms with Crippen LogP contribution >= 0.6 is 11.8 Å². The van der Waals surface area contributed by atoms with Crippen molar-refractivity contribution >= 4 is 17.6 Å². The molecule has 2 aliphatic heterocycles. The minimum absolute atomic E-state index is 0.0897. The first-order valence-corrected chi connectivity index (χ1v) is 5.09. The minimum atomic E-state index is -0.909. The van der Waals surface area contributed by atoms with Gasteiger partial charge in [0.25, 0.3) is 0 Å². The second-order valence-electron chi connectivity index (χ2n) is 2.77. The van der Waals surface area contributed by atoms with Crippen molar-refractivity contribution in [3.8, 4) is 0 Å². The number of ether oxygens (including phenoxy) is 1. The van der Waals surface area contributed by atoms with Crippen molar-refractivity contribution in [1.29, 1.82) is 0 Å². The van der Waals surface area contributed by atoms with Crippen LogP contribution in [0, 0.1) is 0 Å². The lowest BCUT2D eigenvalue weighted by atomic mass is 10.4. The van der Waals surface area contributed by atoms with Gasteiger partial charge in [-0.05, 0) is 6.08 Å². The summed E-state index contributed by atoms with van der Waals surface area (Å²) >= 11 is 1.69. The molecule has 72 valence electrons. The molecular weight excluding hydrogens is 190 g/mol. The molecule has 0 aliphatic carbocycles. The highest BCUT2D eigenvalue weighted by Crippen LogP contribution is 2.22. The molecule has 13 heavy (non-hydrogen) atoms. The summed E-state index contributed by atoms with van der Waals surface area (Å²) in [6, 6.07) is 0. The van der Waals surface area contributed by atoms with Crippen LogP contribution in [0.4, 0.5) is 0 Å². The molecule has 1 saturated heterocycles. The predicted octanol–water partition coefficient (Wildman–Crippen LogP) is -0.504. The lowest BCUT2D eigenvalue weighted by molar-refractivity contribution is -0.0722. The number of aliphatic imine (C=N–C) groups is 1. The lowest BCUT2D eigenvalue weighted by Crippen LogP contribution is -2.42. The van der Waals surface area contributed by atoms with Crippen LogP contribution in [-0.4, -0.2) is 40.1 Å². The summed E-state index contributed by atoms with van der Waals surface area (Å²) in [6.07, 6.45) is 2.37. The summed E-state index contributed by atoms with van der Waals surface area (Å²) < 4.78 is 5.37. The van der Waals surface area contributed by atoms with Gasteiger partial charge in [-0.15, -0.1) is 11.8 Å². The van der Waals surface area contributed by atoms with E-state index in [0.29, 0.717) is 11.8 Å². The van der Waals surface area contributed by atoms with Crippen LogP contribution in [0.2, 0.25) is 0 Å². The van der Waals surface area contributed by atoms with E-state index < -0.39 is 6.35 Å². The number of aliphatic hydroxyl groups is 1. The fourth-order valence-corrected chi connectivity index (χ4v) is 2.04. The molecule has 1 unspecified atom stereocenters. The zero-order valence-corrected chi connectivity index (χ0v) is 7.78. The minimum Gasteiger partial charge on any atom is -0.384 e. The van der Waals surface area contributed by atoms with Gasteiger partial charge in [-0.2, -0.15) is 0 Å². The molecule has 0 saturated carbocycles. The van der Waals surface area contributed by atoms with Gasteiger partial charge in [-0.1, -0.05) is 0 Å². The van der Waals surface area contributed by atoms with Gasteiger partial charge in [0.15, 0.2) is 0 Å². The van der Waals surface area contributed by atoms with Crippen LogP contribution in [-0.2, 0) is 4.74 Å². The summed E-state index contributed by atoms with van der Waals surface area (Å²) in [5.74, 6) is 1.85. The largest absolute Gasteiger partial charge is 0.384 e. The van der Waals surface area contributed by atoms with Crippen molar-refractivity contribution in [3.63, 3.8) is 0 Å². The Labute approximate surface area is 80.3 Å². The second kappa shape index (κ2) is 3.57. The van der Waals surface area contributed by atoms with Gasteiger partial charge in [0, 0.05) is 12.0 Å². The summed E-state index contributed by atoms with van der Waals surface area (Å²) in [7, 11) is 0. The maximum Gasteiger partial charge on any atom is 0.229 e. The topological polar surface area (TPSA) is 71.1 Å². The van der Waals surface area contributed by atoms with Gasteiger partial charge in [-0.25, -0.2) is 4.99 Å². The first-order chi connectivity index (χ1) is 6.27. The van der Waals surface area contributed by atoms with Gasteiger partial charge >= 0.3 is 0 Å². The number of nitrogens with zero attached hydrogens (tertiary/aromatic N) is 2. The maximum absolute atomic E-state index is 9.52. The van der Waals surface area contributed by atoms with Crippen LogP contribution in [0.1, 0.15) is 0 Å². The third-order valence-electron chi connectivity index (χ3n) is 1.89. The molecule has 6 heteroatoms. The van der Waals surface area contributed by atoms with Crippen LogP contribution in [0.3, 0.4) is 0 Å². The highest BCUT2D eigenvalue weighted by Gasteiger charge is 2.27. The van der Waals surface area contributed by atoms with E-state index in [4.69, 9.17) is 10.5 Å². The van der Waals surface area contributed by atoms with Gasteiger partial charge in [-0.3, -0.25) is 0 Å². The fraction of sp³-hybridized carbons (Fsp3) is 0.571. The number of thioether (sulfide) groups is 1. The molecule has 3 N–H and O–H groups in total. The standard InChI is InChI=1S/C7H11N3O2S/c8-5-1-2-10(7(11)9-5)6-3-13-4-12-6/h1-2,6-7,11H,3-4H2,(H2,8,9)/t6-,7?/m0/s1. The fourth-order valence-electron chi connectivity index (χ4n) is 1.22. The average molecular weight is 201 g/mol. The van der Waals surface area contributed by atoms with E-state index in [1.54, 1.807) is 28.9 Å². The van der Waals surface area contributed by atoms with E-state index in [9.17, 15) is 5.11 Å². The molecule has 1 fully saturated rings. The quantitative estimate of drug-likeness (QED) is 0.598. The Morgan fingerprint density at radius 3 is 3.23 bits per heavy atom. The van der Waals surface area contributed by atoms with E-state index in [0.717, 1.165) is 5.75 Å². The zero-order chi connectivity index (χ0) is 9.26. The molecule has 0 aromatic heterocycles. The smallest absolute Gasteiger partial charge is 0.229 e. The Kier molecular flexibility index (Phi) is 2.43. The highest BCUT2D eigenvalue weighted by atomic mass is 32.2. The SMILES string of the molecule is NC1=NC(O)N([C@@H]2CSCO2)C=C1. The molecule has 2 atom stereocenters. The molecule has 5 nitrogen and oxygen atoms in total. The van der Waals surface area contributed by atoms with Gasteiger partial charge in [0.2, 0.25) is 6.35 Å². The van der Waals surface area contributed by atoms with Gasteiger partial charge < -0.3 is 20.5 Å². The Morgan fingerprint density at radius 1 is 1.77 bits per heavy atom. The van der Waals surface area contributed by atoms with Crippen molar-refractivity contribution in [2.24, 2.45) is 10.7 Å². The lowest BCUT2D eigenvalue weighted by Gasteiger charge is -2.30. The number of aliphatic hydroxyl groups excluding tert-OH is 1. The summed E-state index contributed by atoms with van der Waals surface area (Å²) in [4.78, 5) is 5.46. The van der Waals surface area contributed by atoms with Crippen molar-refractivity contribution in [2.45, 2.75) is 12.6 Å². The normalized spacial score (nSPS) is 33.6. The summed E-state index contributed by atoms with van der Waals surface area (Å²) in [6.45, 7) is 0. The van der Waals surface area contributed by atoms with E-state index in [2.05, 4.69) is 4.99 Å². The molecule has 2 aliphatic rings. The molecule has 0 amide bonds. The van der Waals surface area contributed by atoms with E-state index in [1.165, 1.54) is 0 Å². The molecule has 2 heterocycles.